The number of amides is 2. The molecule has 0 unspecified atom stereocenters. The van der Waals surface area contributed by atoms with Crippen molar-refractivity contribution < 1.29 is 24.6 Å². The Kier molecular flexibility index (Phi) is 3.71. The number of primary amides is 1. The monoisotopic (exact) mass is 278 g/mol. The van der Waals surface area contributed by atoms with Crippen LogP contribution in [0.3, 0.4) is 0 Å². The Hall–Kier alpha value is -2.41. The van der Waals surface area contributed by atoms with E-state index >= 15 is 0 Å². The third kappa shape index (κ3) is 2.62. The summed E-state index contributed by atoms with van der Waals surface area (Å²) in [5.74, 6) is -2.38. The summed E-state index contributed by atoms with van der Waals surface area (Å²) in [4.78, 5) is 35.5. The van der Waals surface area contributed by atoms with Crippen LogP contribution in [0.2, 0.25) is 0 Å². The number of carboxylic acid groups (broad SMARTS) is 1. The maximum absolute atomic E-state index is 12.3. The highest BCUT2D eigenvalue weighted by atomic mass is 16.4. The number of aliphatic hydroxyl groups is 1. The number of likely N-dealkylation sites (tertiary alicyclic amines) is 1. The van der Waals surface area contributed by atoms with Crippen molar-refractivity contribution in [3.63, 3.8) is 0 Å². The number of β-amino-alcohol motifs (C(OH)–C–C–N with tert-alkyl or cyclic N) is 1. The van der Waals surface area contributed by atoms with E-state index in [1.807, 2.05) is 0 Å². The van der Waals surface area contributed by atoms with Crippen molar-refractivity contribution in [2.24, 2.45) is 5.73 Å². The Morgan fingerprint density at radius 1 is 1.25 bits per heavy atom. The number of carbonyl (C=O) groups excluding carboxylic acids is 2. The van der Waals surface area contributed by atoms with Gasteiger partial charge in [-0.05, 0) is 18.2 Å². The number of nitrogens with zero attached hydrogens (tertiary/aromatic N) is 1. The molecule has 1 aliphatic rings. The Morgan fingerprint density at radius 3 is 2.50 bits per heavy atom. The molecule has 1 fully saturated rings. The van der Waals surface area contributed by atoms with Crippen molar-refractivity contribution in [3.05, 3.63) is 35.4 Å². The van der Waals surface area contributed by atoms with Crippen LogP contribution in [0.4, 0.5) is 0 Å². The fourth-order valence-electron chi connectivity index (χ4n) is 2.24. The molecule has 1 aromatic rings. The summed E-state index contributed by atoms with van der Waals surface area (Å²) in [6.07, 6.45) is -0.865. The van der Waals surface area contributed by atoms with Gasteiger partial charge in [0.15, 0.2) is 0 Å². The number of rotatable bonds is 3. The van der Waals surface area contributed by atoms with Gasteiger partial charge in [-0.1, -0.05) is 6.07 Å². The summed E-state index contributed by atoms with van der Waals surface area (Å²) in [5, 5.41) is 18.6. The van der Waals surface area contributed by atoms with Crippen LogP contribution in [0.25, 0.3) is 0 Å². The van der Waals surface area contributed by atoms with E-state index in [2.05, 4.69) is 0 Å². The quantitative estimate of drug-likeness (QED) is 0.684. The first-order valence-electron chi connectivity index (χ1n) is 6.02. The normalized spacial score (nSPS) is 21.8. The first-order valence-corrected chi connectivity index (χ1v) is 6.02. The summed E-state index contributed by atoms with van der Waals surface area (Å²) >= 11 is 0. The fourth-order valence-corrected chi connectivity index (χ4v) is 2.24. The second-order valence-corrected chi connectivity index (χ2v) is 4.65. The molecule has 4 N–H and O–H groups in total. The number of nitrogens with two attached hydrogens (primary N) is 1. The molecule has 1 aromatic carbocycles. The molecule has 2 rings (SSSR count). The third-order valence-corrected chi connectivity index (χ3v) is 3.22. The zero-order valence-corrected chi connectivity index (χ0v) is 10.5. The van der Waals surface area contributed by atoms with Gasteiger partial charge in [-0.2, -0.15) is 0 Å². The molecule has 7 heteroatoms. The number of carboxylic acids is 1. The Morgan fingerprint density at radius 2 is 1.90 bits per heavy atom. The zero-order valence-electron chi connectivity index (χ0n) is 10.5. The summed E-state index contributed by atoms with van der Waals surface area (Å²) in [6, 6.07) is 4.68. The molecule has 0 aliphatic carbocycles. The number of hydrogen-bond donors (Lipinski definition) is 3. The number of carbonyl (C=O) groups is 3. The van der Waals surface area contributed by atoms with E-state index in [-0.39, 0.29) is 24.1 Å². The van der Waals surface area contributed by atoms with E-state index in [0.717, 1.165) is 4.90 Å². The average Bonchev–Trinajstić information content (AvgIpc) is 2.80. The number of hydrogen-bond acceptors (Lipinski definition) is 4. The van der Waals surface area contributed by atoms with E-state index in [1.165, 1.54) is 24.3 Å². The highest BCUT2D eigenvalue weighted by Gasteiger charge is 2.39. The second kappa shape index (κ2) is 5.30. The van der Waals surface area contributed by atoms with E-state index in [9.17, 15) is 19.5 Å². The first-order chi connectivity index (χ1) is 9.40. The molecule has 106 valence electrons. The lowest BCUT2D eigenvalue weighted by molar-refractivity contribution is -0.141. The molecule has 7 nitrogen and oxygen atoms in total. The molecule has 2 amide bonds. The Balaban J connectivity index is 2.28. The molecule has 20 heavy (non-hydrogen) atoms. The topological polar surface area (TPSA) is 121 Å². The molecular formula is C13H14N2O5. The van der Waals surface area contributed by atoms with Crippen molar-refractivity contribution in [3.8, 4) is 0 Å². The molecular weight excluding hydrogens is 264 g/mol. The largest absolute Gasteiger partial charge is 0.480 e. The molecule has 2 atom stereocenters. The van der Waals surface area contributed by atoms with Crippen LogP contribution in [0.15, 0.2) is 24.3 Å². The van der Waals surface area contributed by atoms with Crippen LogP contribution < -0.4 is 5.73 Å². The van der Waals surface area contributed by atoms with Gasteiger partial charge in [0.1, 0.15) is 6.04 Å². The highest BCUT2D eigenvalue weighted by molar-refractivity contribution is 6.00. The molecule has 1 saturated heterocycles. The van der Waals surface area contributed by atoms with Crippen molar-refractivity contribution in [1.82, 2.24) is 4.90 Å². The van der Waals surface area contributed by atoms with Gasteiger partial charge in [0.05, 0.1) is 6.10 Å². The molecule has 0 saturated carbocycles. The van der Waals surface area contributed by atoms with Crippen LogP contribution in [0.1, 0.15) is 27.1 Å². The van der Waals surface area contributed by atoms with Crippen LogP contribution in [0, 0.1) is 0 Å². The average molecular weight is 278 g/mol. The van der Waals surface area contributed by atoms with Crippen molar-refractivity contribution in [2.75, 3.05) is 6.54 Å². The second-order valence-electron chi connectivity index (χ2n) is 4.65. The van der Waals surface area contributed by atoms with Crippen LogP contribution in [-0.4, -0.2) is 51.6 Å². The van der Waals surface area contributed by atoms with Crippen molar-refractivity contribution in [1.29, 1.82) is 0 Å². The lowest BCUT2D eigenvalue weighted by Crippen LogP contribution is -2.40. The van der Waals surface area contributed by atoms with Gasteiger partial charge in [0.25, 0.3) is 5.91 Å². The first kappa shape index (κ1) is 14.0. The number of aliphatic hydroxyl groups excluding tert-OH is 1. The molecule has 1 heterocycles. The number of aliphatic carboxylic acids is 1. The van der Waals surface area contributed by atoms with Crippen LogP contribution in [-0.2, 0) is 4.79 Å². The summed E-state index contributed by atoms with van der Waals surface area (Å²) in [7, 11) is 0. The third-order valence-electron chi connectivity index (χ3n) is 3.22. The fraction of sp³-hybridized carbons (Fsp3) is 0.308. The maximum atomic E-state index is 12.3. The van der Waals surface area contributed by atoms with Gasteiger partial charge in [0, 0.05) is 24.1 Å². The minimum atomic E-state index is -1.17. The maximum Gasteiger partial charge on any atom is 0.326 e. The minimum Gasteiger partial charge on any atom is -0.480 e. The standard InChI is InChI=1S/C13H14N2O5/c14-11(17)7-2-1-3-8(4-7)12(18)15-6-9(16)5-10(15)13(19)20/h1-4,9-10,16H,5-6H2,(H2,14,17)(H,19,20)/t9-,10-/m0/s1. The lowest BCUT2D eigenvalue weighted by Gasteiger charge is -2.21. The van der Waals surface area contributed by atoms with E-state index in [0.29, 0.717) is 0 Å². The summed E-state index contributed by atoms with van der Waals surface area (Å²) in [6.45, 7) is -0.0450. The summed E-state index contributed by atoms with van der Waals surface area (Å²) in [5.41, 5.74) is 5.47. The van der Waals surface area contributed by atoms with Gasteiger partial charge < -0.3 is 20.8 Å². The molecule has 0 bridgehead atoms. The van der Waals surface area contributed by atoms with Gasteiger partial charge in [0.2, 0.25) is 5.91 Å². The predicted molar refractivity (Wildman–Crippen MR) is 68.0 cm³/mol. The highest BCUT2D eigenvalue weighted by Crippen LogP contribution is 2.21. The van der Waals surface area contributed by atoms with Gasteiger partial charge in [-0.15, -0.1) is 0 Å². The van der Waals surface area contributed by atoms with Crippen molar-refractivity contribution >= 4 is 17.8 Å². The van der Waals surface area contributed by atoms with E-state index < -0.39 is 29.9 Å². The van der Waals surface area contributed by atoms with Crippen LogP contribution >= 0.6 is 0 Å². The molecule has 0 aromatic heterocycles. The molecule has 0 spiro atoms. The van der Waals surface area contributed by atoms with Gasteiger partial charge >= 0.3 is 5.97 Å². The lowest BCUT2D eigenvalue weighted by atomic mass is 10.1. The molecule has 0 radical (unpaired) electrons. The van der Waals surface area contributed by atoms with E-state index in [4.69, 9.17) is 10.8 Å². The van der Waals surface area contributed by atoms with Gasteiger partial charge in [-0.25, -0.2) is 4.79 Å². The molecule has 1 aliphatic heterocycles. The SMILES string of the molecule is NC(=O)c1cccc(C(=O)N2C[C@@H](O)C[C@H]2C(=O)O)c1. The Bertz CT molecular complexity index is 572. The van der Waals surface area contributed by atoms with Crippen LogP contribution in [0.5, 0.6) is 0 Å². The summed E-state index contributed by atoms with van der Waals surface area (Å²) < 4.78 is 0. The van der Waals surface area contributed by atoms with Gasteiger partial charge in [-0.3, -0.25) is 9.59 Å². The number of benzene rings is 1. The van der Waals surface area contributed by atoms with E-state index in [1.54, 1.807) is 0 Å². The predicted octanol–water partition coefficient (Wildman–Crippen LogP) is -0.554. The Labute approximate surface area is 114 Å². The zero-order chi connectivity index (χ0) is 14.9. The minimum absolute atomic E-state index is 0.00339. The van der Waals surface area contributed by atoms with Crippen molar-refractivity contribution in [2.45, 2.75) is 18.6 Å². The smallest absolute Gasteiger partial charge is 0.326 e.